The van der Waals surface area contributed by atoms with Crippen molar-refractivity contribution in [2.24, 2.45) is 0 Å². The van der Waals surface area contributed by atoms with Crippen LogP contribution in [0.25, 0.3) is 32.2 Å². The maximum absolute atomic E-state index is 16.4. The van der Waals surface area contributed by atoms with E-state index in [4.69, 9.17) is 15.2 Å². The van der Waals surface area contributed by atoms with Crippen molar-refractivity contribution < 1.29 is 31.4 Å². The predicted molar refractivity (Wildman–Crippen MR) is 145 cm³/mol. The van der Waals surface area contributed by atoms with Crippen molar-refractivity contribution in [1.29, 1.82) is 0 Å². The number of aromatic nitrogens is 3. The number of hydrogen-bond donors (Lipinski definition) is 3. The molecule has 0 spiro atoms. The molecular weight excluding hydrogens is 569 g/mol. The minimum absolute atomic E-state index is 0.0177. The Hall–Kier alpha value is -3.40. The number of likely N-dealkylation sites (N-methyl/N-ethyl adjacent to an activating group) is 1. The number of nitrogens with one attached hydrogen (secondary N) is 2. The van der Waals surface area contributed by atoms with E-state index in [0.29, 0.717) is 26.1 Å². The highest BCUT2D eigenvalue weighted by Crippen LogP contribution is 2.45. The smallest absolute Gasteiger partial charge is 0.417 e. The molecule has 2 atom stereocenters. The maximum Gasteiger partial charge on any atom is 0.417 e. The summed E-state index contributed by atoms with van der Waals surface area (Å²) in [5.41, 5.74) is 2.87. The van der Waals surface area contributed by atoms with Crippen molar-refractivity contribution >= 4 is 43.4 Å². The van der Waals surface area contributed by atoms with E-state index >= 15 is 4.39 Å². The van der Waals surface area contributed by atoms with Gasteiger partial charge in [-0.1, -0.05) is 11.3 Å². The molecule has 2 aromatic carbocycles. The van der Waals surface area contributed by atoms with Crippen molar-refractivity contribution in [2.45, 2.75) is 30.8 Å². The van der Waals surface area contributed by atoms with Crippen molar-refractivity contribution in [2.75, 3.05) is 51.4 Å². The van der Waals surface area contributed by atoms with Gasteiger partial charge in [0.2, 0.25) is 0 Å². The van der Waals surface area contributed by atoms with Crippen molar-refractivity contribution in [3.8, 4) is 17.1 Å². The number of ether oxygens (including phenoxy) is 2. The molecule has 9 nitrogen and oxygen atoms in total. The third-order valence-corrected chi connectivity index (χ3v) is 8.40. The van der Waals surface area contributed by atoms with E-state index in [9.17, 15) is 17.6 Å². The van der Waals surface area contributed by atoms with Crippen molar-refractivity contribution in [1.82, 2.24) is 25.2 Å². The fraction of sp³-hybridized carbons (Fsp3) is 0.423. The predicted octanol–water partition coefficient (Wildman–Crippen LogP) is 4.27. The van der Waals surface area contributed by atoms with Gasteiger partial charge in [0, 0.05) is 49.3 Å². The second kappa shape index (κ2) is 10.5. The van der Waals surface area contributed by atoms with E-state index in [2.05, 4.69) is 30.5 Å². The molecule has 4 N–H and O–H groups in total. The first-order valence-electron chi connectivity index (χ1n) is 12.8. The minimum atomic E-state index is -4.97. The number of nitrogen functional groups attached to an aromatic ring is 1. The zero-order valence-electron chi connectivity index (χ0n) is 22.0. The van der Waals surface area contributed by atoms with E-state index in [1.165, 1.54) is 0 Å². The average molecular weight is 596 g/mol. The number of fused-ring (bicyclic) bond motifs is 2. The number of halogens is 5. The number of likely N-dealkylation sites (tertiary alicyclic amines) is 1. The van der Waals surface area contributed by atoms with Crippen LogP contribution in [0.2, 0.25) is 0 Å². The Morgan fingerprint density at radius 2 is 1.95 bits per heavy atom. The number of thiazole rings is 1. The number of rotatable bonds is 7. The summed E-state index contributed by atoms with van der Waals surface area (Å²) < 4.78 is 85.5. The zero-order chi connectivity index (χ0) is 29.1. The number of nitrogens with two attached hydrogens (primary N) is 1. The molecule has 0 unspecified atom stereocenters. The molecule has 0 saturated carbocycles. The fourth-order valence-electron chi connectivity index (χ4n) is 5.21. The summed E-state index contributed by atoms with van der Waals surface area (Å²) in [5, 5.41) is 5.93. The van der Waals surface area contributed by atoms with Gasteiger partial charge in [-0.15, -0.1) is 0 Å². The summed E-state index contributed by atoms with van der Waals surface area (Å²) in [7, 11) is 3.55. The van der Waals surface area contributed by atoms with Crippen LogP contribution in [0.3, 0.4) is 0 Å². The Labute approximate surface area is 234 Å². The number of benzene rings is 2. The van der Waals surface area contributed by atoms with Crippen LogP contribution < -0.4 is 21.1 Å². The largest absolute Gasteiger partial charge is 0.462 e. The van der Waals surface area contributed by atoms with Crippen LogP contribution in [0.15, 0.2) is 18.2 Å². The molecule has 6 rings (SSSR count). The molecule has 0 radical (unpaired) electrons. The number of anilines is 2. The van der Waals surface area contributed by atoms with Gasteiger partial charge in [-0.25, -0.2) is 13.8 Å². The standard InChI is InChI=1S/C26H26F5N7O2S/c1-38-9-13(39-2)5-12(38)10-40-25-36-20-15(23(37-25)34-11-7-33-8-11)6-16(26(29,30)31)18(19(20)28)14-3-4-17(27)22-21(14)35-24(32)41-22/h3-4,6,11-13,33H,5,7-10H2,1-2H3,(H2,32,35)(H,34,36,37)/t12-,13+/m0/s1. The molecule has 15 heteroatoms. The van der Waals surface area contributed by atoms with E-state index in [0.717, 1.165) is 29.5 Å². The van der Waals surface area contributed by atoms with Crippen LogP contribution in [-0.4, -0.2) is 78.4 Å². The lowest BCUT2D eigenvalue weighted by Gasteiger charge is -2.29. The number of hydrogen-bond acceptors (Lipinski definition) is 10. The number of alkyl halides is 3. The van der Waals surface area contributed by atoms with Gasteiger partial charge in [0.25, 0.3) is 0 Å². The van der Waals surface area contributed by atoms with Crippen LogP contribution in [0.5, 0.6) is 6.01 Å². The number of methoxy groups -OCH3 is 1. The molecule has 2 aliphatic rings. The van der Waals surface area contributed by atoms with E-state index in [1.807, 2.05) is 7.05 Å². The van der Waals surface area contributed by atoms with Crippen LogP contribution >= 0.6 is 11.3 Å². The molecule has 4 aromatic rings. The topological polar surface area (TPSA) is 110 Å². The van der Waals surface area contributed by atoms with Gasteiger partial charge in [0.1, 0.15) is 23.8 Å². The van der Waals surface area contributed by atoms with Gasteiger partial charge < -0.3 is 25.8 Å². The molecular formula is C26H26F5N7O2S. The van der Waals surface area contributed by atoms with Crippen LogP contribution in [0.4, 0.5) is 32.9 Å². The Bertz CT molecular complexity index is 1630. The first-order chi connectivity index (χ1) is 19.5. The van der Waals surface area contributed by atoms with Gasteiger partial charge >= 0.3 is 12.2 Å². The molecule has 218 valence electrons. The Morgan fingerprint density at radius 1 is 1.17 bits per heavy atom. The second-order valence-electron chi connectivity index (χ2n) is 10.2. The third kappa shape index (κ3) is 5.11. The highest BCUT2D eigenvalue weighted by Gasteiger charge is 2.38. The first-order valence-corrected chi connectivity index (χ1v) is 13.6. The van der Waals surface area contributed by atoms with Gasteiger partial charge in [-0.3, -0.25) is 4.90 Å². The van der Waals surface area contributed by atoms with Gasteiger partial charge in [0.05, 0.1) is 27.9 Å². The van der Waals surface area contributed by atoms with E-state index < -0.39 is 28.9 Å². The normalized spacial score (nSPS) is 20.2. The molecule has 2 fully saturated rings. The molecule has 0 bridgehead atoms. The lowest BCUT2D eigenvalue weighted by Crippen LogP contribution is -2.51. The summed E-state index contributed by atoms with van der Waals surface area (Å²) in [6.07, 6.45) is -4.24. The first kappa shape index (κ1) is 27.8. The average Bonchev–Trinajstić information content (AvgIpc) is 3.47. The summed E-state index contributed by atoms with van der Waals surface area (Å²) in [4.78, 5) is 14.6. The molecule has 0 amide bonds. The molecule has 2 aromatic heterocycles. The summed E-state index contributed by atoms with van der Waals surface area (Å²) in [6, 6.07) is 2.50. The van der Waals surface area contributed by atoms with Crippen LogP contribution in [0, 0.1) is 11.6 Å². The van der Waals surface area contributed by atoms with Gasteiger partial charge in [0.15, 0.2) is 10.9 Å². The Balaban J connectivity index is 1.51. The molecule has 2 aliphatic heterocycles. The second-order valence-corrected chi connectivity index (χ2v) is 11.2. The van der Waals surface area contributed by atoms with Gasteiger partial charge in [-0.05, 0) is 31.7 Å². The monoisotopic (exact) mass is 595 g/mol. The molecule has 41 heavy (non-hydrogen) atoms. The van der Waals surface area contributed by atoms with E-state index in [1.54, 1.807) is 7.11 Å². The zero-order valence-corrected chi connectivity index (χ0v) is 22.8. The van der Waals surface area contributed by atoms with Gasteiger partial charge in [-0.2, -0.15) is 23.1 Å². The third-order valence-electron chi connectivity index (χ3n) is 7.51. The summed E-state index contributed by atoms with van der Waals surface area (Å²) >= 11 is 0.765. The lowest BCUT2D eigenvalue weighted by atomic mass is 9.95. The minimum Gasteiger partial charge on any atom is -0.462 e. The quantitative estimate of drug-likeness (QED) is 0.270. The van der Waals surface area contributed by atoms with Crippen LogP contribution in [0.1, 0.15) is 12.0 Å². The fourth-order valence-corrected chi connectivity index (χ4v) is 5.97. The molecule has 0 aliphatic carbocycles. The van der Waals surface area contributed by atoms with Crippen LogP contribution in [-0.2, 0) is 10.9 Å². The van der Waals surface area contributed by atoms with Crippen molar-refractivity contribution in [3.63, 3.8) is 0 Å². The summed E-state index contributed by atoms with van der Waals surface area (Å²) in [6.45, 7) is 1.98. The molecule has 2 saturated heterocycles. The van der Waals surface area contributed by atoms with Crippen molar-refractivity contribution in [3.05, 3.63) is 35.4 Å². The summed E-state index contributed by atoms with van der Waals surface area (Å²) in [5.74, 6) is -1.96. The highest BCUT2D eigenvalue weighted by atomic mass is 32.1. The maximum atomic E-state index is 16.4. The molecule has 4 heterocycles. The number of nitrogens with zero attached hydrogens (tertiary/aromatic N) is 4. The lowest BCUT2D eigenvalue weighted by molar-refractivity contribution is -0.137. The highest BCUT2D eigenvalue weighted by molar-refractivity contribution is 7.22. The van der Waals surface area contributed by atoms with E-state index in [-0.39, 0.29) is 68.4 Å². The Kier molecular flexibility index (Phi) is 7.08. The Morgan fingerprint density at radius 3 is 2.61 bits per heavy atom. The SMILES string of the molecule is CO[C@@H]1C[C@@H](COc2nc(NC3CNC3)c3cc(C(F)(F)F)c(-c4ccc(F)c5sc(N)nc45)c(F)c3n2)N(C)C1.